The third-order valence-corrected chi connectivity index (χ3v) is 5.09. The van der Waals surface area contributed by atoms with Gasteiger partial charge in [-0.2, -0.15) is 0 Å². The molecule has 2 aromatic heterocycles. The third kappa shape index (κ3) is 4.11. The molecule has 0 radical (unpaired) electrons. The first kappa shape index (κ1) is 19.7. The summed E-state index contributed by atoms with van der Waals surface area (Å²) < 4.78 is 76.5. The number of alkyl halides is 3. The number of nitrogens with one attached hydrogen (secondary N) is 1. The number of pyridine rings is 1. The number of benzene rings is 1. The lowest BCUT2D eigenvalue weighted by atomic mass is 10.3. The number of ether oxygens (including phenoxy) is 3. The first-order valence-electron chi connectivity index (χ1n) is 7.67. The second kappa shape index (κ2) is 7.19. The van der Waals surface area contributed by atoms with Crippen LogP contribution < -0.4 is 14.2 Å². The predicted molar refractivity (Wildman–Crippen MR) is 91.0 cm³/mol. The lowest BCUT2D eigenvalue weighted by Crippen LogP contribution is -2.16. The molecule has 2 heterocycles. The zero-order valence-corrected chi connectivity index (χ0v) is 15.4. The fourth-order valence-corrected chi connectivity index (χ4v) is 3.71. The molecule has 0 unspecified atom stereocenters. The van der Waals surface area contributed by atoms with E-state index in [0.717, 1.165) is 12.1 Å². The topological polar surface area (TPSA) is 103 Å². The molecule has 0 saturated heterocycles. The first-order valence-corrected chi connectivity index (χ1v) is 9.32. The normalized spacial score (nSPS) is 12.2. The molecule has 28 heavy (non-hydrogen) atoms. The minimum absolute atomic E-state index is 0.00546. The summed E-state index contributed by atoms with van der Waals surface area (Å²) in [4.78, 5) is 10.5. The monoisotopic (exact) mass is 417 g/mol. The highest BCUT2D eigenvalue weighted by molar-refractivity contribution is 7.90. The van der Waals surface area contributed by atoms with Gasteiger partial charge in [0, 0.05) is 18.3 Å². The van der Waals surface area contributed by atoms with Crippen molar-refractivity contribution in [3.63, 3.8) is 0 Å². The Morgan fingerprint density at radius 3 is 2.54 bits per heavy atom. The molecule has 0 bridgehead atoms. The third-order valence-electron chi connectivity index (χ3n) is 3.65. The standard InChI is InChI=1S/C16H14F3N3O5S/c1-25-13-5-6-20-12(14(13)26-2)8-28(23,24)15-21-10-4-3-9(7-11(10)22-15)27-16(17,18)19/h3-7H,8H2,1-2H3,(H,21,22). The molecule has 0 atom stereocenters. The summed E-state index contributed by atoms with van der Waals surface area (Å²) in [6.07, 6.45) is -3.50. The summed E-state index contributed by atoms with van der Waals surface area (Å²) in [5.41, 5.74) is 0.341. The second-order valence-corrected chi connectivity index (χ2v) is 7.43. The zero-order chi connectivity index (χ0) is 20.5. The minimum atomic E-state index is -4.87. The van der Waals surface area contributed by atoms with E-state index >= 15 is 0 Å². The van der Waals surface area contributed by atoms with Crippen LogP contribution in [0.15, 0.2) is 35.6 Å². The molecule has 1 aromatic carbocycles. The van der Waals surface area contributed by atoms with Crippen LogP contribution in [-0.4, -0.2) is 44.0 Å². The predicted octanol–water partition coefficient (Wildman–Crippen LogP) is 2.85. The molecule has 12 heteroatoms. The van der Waals surface area contributed by atoms with Crippen molar-refractivity contribution in [1.82, 2.24) is 15.0 Å². The Morgan fingerprint density at radius 1 is 1.14 bits per heavy atom. The van der Waals surface area contributed by atoms with E-state index < -0.39 is 32.9 Å². The van der Waals surface area contributed by atoms with Crippen molar-refractivity contribution in [2.45, 2.75) is 17.3 Å². The van der Waals surface area contributed by atoms with E-state index in [4.69, 9.17) is 9.47 Å². The number of nitrogens with zero attached hydrogens (tertiary/aromatic N) is 2. The Bertz CT molecular complexity index is 1110. The van der Waals surface area contributed by atoms with Gasteiger partial charge in [-0.15, -0.1) is 13.2 Å². The van der Waals surface area contributed by atoms with E-state index in [9.17, 15) is 21.6 Å². The average molecular weight is 417 g/mol. The van der Waals surface area contributed by atoms with Crippen LogP contribution in [-0.2, 0) is 15.6 Å². The Balaban J connectivity index is 1.95. The summed E-state index contributed by atoms with van der Waals surface area (Å²) in [5, 5.41) is -0.418. The lowest BCUT2D eigenvalue weighted by Gasteiger charge is -2.11. The van der Waals surface area contributed by atoms with Crippen molar-refractivity contribution in [2.24, 2.45) is 0 Å². The summed E-state index contributed by atoms with van der Waals surface area (Å²) in [6, 6.07) is 4.80. The first-order chi connectivity index (χ1) is 13.1. The molecule has 0 saturated carbocycles. The van der Waals surface area contributed by atoms with E-state index in [1.165, 1.54) is 32.5 Å². The Labute approximate surface area is 157 Å². The van der Waals surface area contributed by atoms with Crippen molar-refractivity contribution in [1.29, 1.82) is 0 Å². The number of fused-ring (bicyclic) bond motifs is 1. The summed E-state index contributed by atoms with van der Waals surface area (Å²) in [7, 11) is -1.26. The van der Waals surface area contributed by atoms with E-state index in [2.05, 4.69) is 19.7 Å². The van der Waals surface area contributed by atoms with Gasteiger partial charge >= 0.3 is 6.36 Å². The lowest BCUT2D eigenvalue weighted by molar-refractivity contribution is -0.274. The molecule has 0 amide bonds. The van der Waals surface area contributed by atoms with Crippen molar-refractivity contribution in [3.8, 4) is 17.2 Å². The molecule has 1 N–H and O–H groups in total. The van der Waals surface area contributed by atoms with Gasteiger partial charge < -0.3 is 19.2 Å². The number of rotatable bonds is 6. The number of H-pyrrole nitrogens is 1. The minimum Gasteiger partial charge on any atom is -0.493 e. The molecule has 0 fully saturated rings. The number of methoxy groups -OCH3 is 2. The number of halogens is 3. The molecular formula is C16H14F3N3O5S. The summed E-state index contributed by atoms with van der Waals surface area (Å²) in [5.74, 6) is -0.600. The maximum atomic E-state index is 12.7. The highest BCUT2D eigenvalue weighted by Crippen LogP contribution is 2.32. The smallest absolute Gasteiger partial charge is 0.493 e. The highest BCUT2D eigenvalue weighted by atomic mass is 32.2. The van der Waals surface area contributed by atoms with Gasteiger partial charge in [-0.05, 0) is 12.1 Å². The van der Waals surface area contributed by atoms with Gasteiger partial charge in [0.15, 0.2) is 11.5 Å². The zero-order valence-electron chi connectivity index (χ0n) is 14.6. The van der Waals surface area contributed by atoms with Crippen LogP contribution in [0, 0.1) is 0 Å². The largest absolute Gasteiger partial charge is 0.573 e. The van der Waals surface area contributed by atoms with E-state index in [1.807, 2.05) is 0 Å². The van der Waals surface area contributed by atoms with Gasteiger partial charge in [0.2, 0.25) is 15.0 Å². The SMILES string of the molecule is COc1ccnc(CS(=O)(=O)c2nc3cc(OC(F)(F)F)ccc3[nH]2)c1OC. The number of imidazole rings is 1. The fourth-order valence-electron chi connectivity index (χ4n) is 2.51. The molecular weight excluding hydrogens is 403 g/mol. The Kier molecular flexibility index (Phi) is 5.06. The van der Waals surface area contributed by atoms with Gasteiger partial charge in [0.25, 0.3) is 0 Å². The van der Waals surface area contributed by atoms with Gasteiger partial charge in [-0.25, -0.2) is 13.4 Å². The highest BCUT2D eigenvalue weighted by Gasteiger charge is 2.31. The van der Waals surface area contributed by atoms with Crippen LogP contribution >= 0.6 is 0 Å². The van der Waals surface area contributed by atoms with Crippen molar-refractivity contribution in [2.75, 3.05) is 14.2 Å². The summed E-state index contributed by atoms with van der Waals surface area (Å²) >= 11 is 0. The summed E-state index contributed by atoms with van der Waals surface area (Å²) in [6.45, 7) is 0. The fraction of sp³-hybridized carbons (Fsp3) is 0.250. The quantitative estimate of drug-likeness (QED) is 0.658. The van der Waals surface area contributed by atoms with Crippen molar-refractivity contribution < 1.29 is 35.8 Å². The molecule has 0 spiro atoms. The Hall–Kier alpha value is -3.02. The van der Waals surface area contributed by atoms with Crippen LogP contribution in [0.4, 0.5) is 13.2 Å². The number of aromatic nitrogens is 3. The van der Waals surface area contributed by atoms with Crippen LogP contribution in [0.2, 0.25) is 0 Å². The van der Waals surface area contributed by atoms with Gasteiger partial charge in [-0.3, -0.25) is 4.98 Å². The second-order valence-electron chi connectivity index (χ2n) is 5.52. The molecule has 0 aliphatic carbocycles. The van der Waals surface area contributed by atoms with Crippen LogP contribution in [0.5, 0.6) is 17.2 Å². The number of aromatic amines is 1. The number of hydrogen-bond donors (Lipinski definition) is 1. The molecule has 3 rings (SSSR count). The van der Waals surface area contributed by atoms with Gasteiger partial charge in [0.1, 0.15) is 17.2 Å². The van der Waals surface area contributed by atoms with Gasteiger partial charge in [0.05, 0.1) is 25.3 Å². The maximum absolute atomic E-state index is 12.7. The molecule has 150 valence electrons. The average Bonchev–Trinajstić information content (AvgIpc) is 3.04. The molecule has 3 aromatic rings. The van der Waals surface area contributed by atoms with E-state index in [-0.39, 0.29) is 22.5 Å². The van der Waals surface area contributed by atoms with E-state index in [0.29, 0.717) is 5.75 Å². The number of hydrogen-bond acceptors (Lipinski definition) is 7. The molecule has 0 aliphatic heterocycles. The maximum Gasteiger partial charge on any atom is 0.573 e. The van der Waals surface area contributed by atoms with Crippen molar-refractivity contribution >= 4 is 20.9 Å². The Morgan fingerprint density at radius 2 is 1.89 bits per heavy atom. The molecule has 8 nitrogen and oxygen atoms in total. The van der Waals surface area contributed by atoms with E-state index in [1.54, 1.807) is 0 Å². The van der Waals surface area contributed by atoms with Crippen molar-refractivity contribution in [3.05, 3.63) is 36.2 Å². The number of sulfone groups is 1. The molecule has 0 aliphatic rings. The van der Waals surface area contributed by atoms with Crippen LogP contribution in [0.1, 0.15) is 5.69 Å². The van der Waals surface area contributed by atoms with Crippen LogP contribution in [0.3, 0.4) is 0 Å². The van der Waals surface area contributed by atoms with Crippen LogP contribution in [0.25, 0.3) is 11.0 Å². The van der Waals surface area contributed by atoms with Gasteiger partial charge in [-0.1, -0.05) is 0 Å².